The summed E-state index contributed by atoms with van der Waals surface area (Å²) >= 11 is 10.7. The second-order valence-electron chi connectivity index (χ2n) is 4.34. The Bertz CT molecular complexity index is 425. The molecule has 0 heterocycles. The van der Waals surface area contributed by atoms with Gasteiger partial charge in [0.25, 0.3) is 0 Å². The average Bonchev–Trinajstić information content (AvgIpc) is 2.33. The molecular weight excluding hydrogens is 271 g/mol. The Kier molecular flexibility index (Phi) is 5.99. The van der Waals surface area contributed by atoms with Gasteiger partial charge in [0.1, 0.15) is 5.82 Å². The van der Waals surface area contributed by atoms with E-state index in [1.54, 1.807) is 18.2 Å². The minimum Gasteiger partial charge on any atom is -0.393 e. The summed E-state index contributed by atoms with van der Waals surface area (Å²) in [5, 5.41) is 0.158. The van der Waals surface area contributed by atoms with Crippen molar-refractivity contribution in [2.24, 2.45) is 11.7 Å². The first-order chi connectivity index (χ1) is 8.45. The second kappa shape index (κ2) is 7.02. The van der Waals surface area contributed by atoms with Crippen molar-refractivity contribution in [2.75, 3.05) is 13.1 Å². The van der Waals surface area contributed by atoms with Gasteiger partial charge < -0.3 is 5.73 Å². The molecule has 1 aromatic rings. The van der Waals surface area contributed by atoms with Crippen LogP contribution < -0.4 is 5.73 Å². The lowest BCUT2D eigenvalue weighted by Crippen LogP contribution is -2.33. The molecule has 1 unspecified atom stereocenters. The first-order valence-corrected chi connectivity index (χ1v) is 6.68. The summed E-state index contributed by atoms with van der Waals surface area (Å²) in [5.41, 5.74) is 6.19. The summed E-state index contributed by atoms with van der Waals surface area (Å²) in [4.78, 5) is 2.58. The van der Waals surface area contributed by atoms with Crippen molar-refractivity contribution in [3.8, 4) is 0 Å². The summed E-state index contributed by atoms with van der Waals surface area (Å²) in [6.07, 6.45) is 0. The van der Waals surface area contributed by atoms with Crippen molar-refractivity contribution in [3.63, 3.8) is 0 Å². The Hall–Kier alpha value is -0.710. The van der Waals surface area contributed by atoms with E-state index in [0.717, 1.165) is 13.1 Å². The molecule has 1 aromatic carbocycles. The number of thiocarbonyl (C=S) groups is 1. The zero-order chi connectivity index (χ0) is 13.7. The van der Waals surface area contributed by atoms with E-state index in [2.05, 4.69) is 4.90 Å². The van der Waals surface area contributed by atoms with E-state index < -0.39 is 0 Å². The molecule has 0 radical (unpaired) electrons. The highest BCUT2D eigenvalue weighted by molar-refractivity contribution is 7.80. The van der Waals surface area contributed by atoms with E-state index in [-0.39, 0.29) is 16.8 Å². The molecule has 5 heteroatoms. The van der Waals surface area contributed by atoms with E-state index in [9.17, 15) is 4.39 Å². The highest BCUT2D eigenvalue weighted by atomic mass is 35.5. The number of rotatable bonds is 6. The van der Waals surface area contributed by atoms with Gasteiger partial charge in [-0.05, 0) is 12.6 Å². The number of nitrogens with zero attached hydrogens (tertiary/aromatic N) is 1. The van der Waals surface area contributed by atoms with Crippen LogP contribution in [0.3, 0.4) is 0 Å². The van der Waals surface area contributed by atoms with E-state index >= 15 is 0 Å². The number of hydrogen-bond donors (Lipinski definition) is 1. The van der Waals surface area contributed by atoms with Gasteiger partial charge in [-0.15, -0.1) is 0 Å². The minimum absolute atomic E-state index is 0.113. The quantitative estimate of drug-likeness (QED) is 0.815. The molecule has 0 spiro atoms. The van der Waals surface area contributed by atoms with Gasteiger partial charge in [0.2, 0.25) is 0 Å². The molecular formula is C13H18ClFN2S. The second-order valence-corrected chi connectivity index (χ2v) is 5.22. The third-order valence-electron chi connectivity index (χ3n) is 2.89. The van der Waals surface area contributed by atoms with Gasteiger partial charge in [0.15, 0.2) is 0 Å². The molecule has 100 valence electrons. The van der Waals surface area contributed by atoms with Crippen LogP contribution in [0.5, 0.6) is 0 Å². The van der Waals surface area contributed by atoms with Crippen molar-refractivity contribution in [1.82, 2.24) is 4.90 Å². The Morgan fingerprint density at radius 2 is 2.22 bits per heavy atom. The predicted molar refractivity (Wildman–Crippen MR) is 78.3 cm³/mol. The number of halogens is 2. The average molecular weight is 289 g/mol. The van der Waals surface area contributed by atoms with Crippen LogP contribution in [0.15, 0.2) is 18.2 Å². The largest absolute Gasteiger partial charge is 0.393 e. The van der Waals surface area contributed by atoms with E-state index in [1.165, 1.54) is 0 Å². The Balaban J connectivity index is 2.74. The summed E-state index contributed by atoms with van der Waals surface area (Å²) < 4.78 is 13.8. The lowest BCUT2D eigenvalue weighted by Gasteiger charge is -2.24. The summed E-state index contributed by atoms with van der Waals surface area (Å²) in [5.74, 6) is -0.234. The van der Waals surface area contributed by atoms with E-state index in [0.29, 0.717) is 17.1 Å². The maximum absolute atomic E-state index is 13.8. The molecule has 1 atom stereocenters. The summed E-state index contributed by atoms with van der Waals surface area (Å²) in [6.45, 7) is 6.03. The van der Waals surface area contributed by atoms with Crippen molar-refractivity contribution in [2.45, 2.75) is 20.4 Å². The fraction of sp³-hybridized carbons (Fsp3) is 0.462. The normalized spacial score (nSPS) is 12.7. The van der Waals surface area contributed by atoms with Gasteiger partial charge >= 0.3 is 0 Å². The van der Waals surface area contributed by atoms with Crippen LogP contribution in [0, 0.1) is 11.7 Å². The first kappa shape index (κ1) is 15.3. The Morgan fingerprint density at radius 1 is 1.56 bits per heavy atom. The molecule has 2 N–H and O–H groups in total. The van der Waals surface area contributed by atoms with Crippen LogP contribution in [0.1, 0.15) is 19.4 Å². The van der Waals surface area contributed by atoms with Crippen LogP contribution >= 0.6 is 23.8 Å². The third kappa shape index (κ3) is 4.19. The Morgan fingerprint density at radius 3 is 2.78 bits per heavy atom. The van der Waals surface area contributed by atoms with Gasteiger partial charge in [-0.1, -0.05) is 49.8 Å². The molecule has 0 bridgehead atoms. The molecule has 0 aromatic heterocycles. The lowest BCUT2D eigenvalue weighted by molar-refractivity contribution is 0.260. The maximum Gasteiger partial charge on any atom is 0.146 e. The number of benzene rings is 1. The van der Waals surface area contributed by atoms with Gasteiger partial charge in [-0.25, -0.2) is 4.39 Å². The monoisotopic (exact) mass is 288 g/mol. The van der Waals surface area contributed by atoms with E-state index in [1.807, 2.05) is 13.8 Å². The van der Waals surface area contributed by atoms with Crippen molar-refractivity contribution in [3.05, 3.63) is 34.6 Å². The SMILES string of the molecule is CCN(Cc1cccc(Cl)c1F)CC(C)C(N)=S. The number of hydrogen-bond acceptors (Lipinski definition) is 2. The first-order valence-electron chi connectivity index (χ1n) is 5.90. The molecule has 0 fully saturated rings. The molecule has 0 saturated heterocycles. The summed E-state index contributed by atoms with van der Waals surface area (Å²) in [6, 6.07) is 5.05. The molecule has 2 nitrogen and oxygen atoms in total. The van der Waals surface area contributed by atoms with Crippen LogP contribution in [0.25, 0.3) is 0 Å². The Labute approximate surface area is 118 Å². The molecule has 0 aliphatic heterocycles. The highest BCUT2D eigenvalue weighted by Crippen LogP contribution is 2.19. The topological polar surface area (TPSA) is 29.3 Å². The van der Waals surface area contributed by atoms with Gasteiger partial charge in [-0.3, -0.25) is 4.90 Å². The van der Waals surface area contributed by atoms with Crippen molar-refractivity contribution < 1.29 is 4.39 Å². The zero-order valence-electron chi connectivity index (χ0n) is 10.6. The molecule has 0 saturated carbocycles. The fourth-order valence-electron chi connectivity index (χ4n) is 1.69. The van der Waals surface area contributed by atoms with Gasteiger partial charge in [0.05, 0.1) is 10.0 Å². The molecule has 0 amide bonds. The molecule has 0 aliphatic carbocycles. The predicted octanol–water partition coefficient (Wildman–Crippen LogP) is 3.22. The van der Waals surface area contributed by atoms with Gasteiger partial charge in [0, 0.05) is 24.6 Å². The van der Waals surface area contributed by atoms with Crippen molar-refractivity contribution in [1.29, 1.82) is 0 Å². The molecule has 18 heavy (non-hydrogen) atoms. The summed E-state index contributed by atoms with van der Waals surface area (Å²) in [7, 11) is 0. The third-order valence-corrected chi connectivity index (χ3v) is 3.58. The number of nitrogens with two attached hydrogens (primary N) is 1. The smallest absolute Gasteiger partial charge is 0.146 e. The van der Waals surface area contributed by atoms with Crippen molar-refractivity contribution >= 4 is 28.8 Å². The lowest BCUT2D eigenvalue weighted by atomic mass is 10.1. The minimum atomic E-state index is -0.347. The molecule has 0 aliphatic rings. The molecule has 1 rings (SSSR count). The highest BCUT2D eigenvalue weighted by Gasteiger charge is 2.14. The van der Waals surface area contributed by atoms with Crippen LogP contribution in [-0.4, -0.2) is 23.0 Å². The standard InChI is InChI=1S/C13H18ClFN2S/c1-3-17(7-9(2)13(16)18)8-10-5-4-6-11(14)12(10)15/h4-6,9H,3,7-8H2,1-2H3,(H2,16,18). The fourth-order valence-corrected chi connectivity index (χ4v) is 1.96. The maximum atomic E-state index is 13.8. The zero-order valence-corrected chi connectivity index (χ0v) is 12.2. The van der Waals surface area contributed by atoms with Crippen LogP contribution in [-0.2, 0) is 6.54 Å². The van der Waals surface area contributed by atoms with E-state index in [4.69, 9.17) is 29.6 Å². The van der Waals surface area contributed by atoms with Crippen LogP contribution in [0.2, 0.25) is 5.02 Å². The van der Waals surface area contributed by atoms with Crippen LogP contribution in [0.4, 0.5) is 4.39 Å². The van der Waals surface area contributed by atoms with Gasteiger partial charge in [-0.2, -0.15) is 0 Å².